The van der Waals surface area contributed by atoms with E-state index < -0.39 is 0 Å². The van der Waals surface area contributed by atoms with Gasteiger partial charge in [0.2, 0.25) is 0 Å². The van der Waals surface area contributed by atoms with Gasteiger partial charge in [0.05, 0.1) is 0 Å². The first-order valence-corrected chi connectivity index (χ1v) is 4.64. The molecule has 1 aromatic rings. The quantitative estimate of drug-likeness (QED) is 0.503. The van der Waals surface area contributed by atoms with Crippen molar-refractivity contribution in [3.8, 4) is 17.2 Å². The number of benzene rings is 1. The maximum absolute atomic E-state index is 9.61. The molecule has 0 bridgehead atoms. The summed E-state index contributed by atoms with van der Waals surface area (Å²) in [6.45, 7) is 5.94. The molecule has 3 nitrogen and oxygen atoms in total. The zero-order valence-corrected chi connectivity index (χ0v) is 8.70. The Morgan fingerprint density at radius 3 is 2.00 bits per heavy atom. The van der Waals surface area contributed by atoms with Crippen LogP contribution in [-0.2, 0) is 5.41 Å². The second kappa shape index (κ2) is 3.40. The second-order valence-corrected chi connectivity index (χ2v) is 4.10. The summed E-state index contributed by atoms with van der Waals surface area (Å²) in [5.74, 6) is -0.468. The fourth-order valence-electron chi connectivity index (χ4n) is 1.30. The molecule has 0 aliphatic carbocycles. The molecule has 78 valence electrons. The maximum atomic E-state index is 9.61. The van der Waals surface area contributed by atoms with E-state index in [0.29, 0.717) is 5.56 Å². The minimum Gasteiger partial charge on any atom is -0.508 e. The van der Waals surface area contributed by atoms with E-state index in [2.05, 4.69) is 0 Å². The molecule has 0 fully saturated rings. The molecule has 0 unspecified atom stereocenters. The van der Waals surface area contributed by atoms with Crippen LogP contribution in [0.3, 0.4) is 0 Å². The van der Waals surface area contributed by atoms with Gasteiger partial charge in [0.1, 0.15) is 5.75 Å². The highest BCUT2D eigenvalue weighted by Gasteiger charge is 2.23. The van der Waals surface area contributed by atoms with E-state index in [1.807, 2.05) is 20.8 Å². The van der Waals surface area contributed by atoms with Crippen molar-refractivity contribution in [2.24, 2.45) is 0 Å². The molecule has 0 heterocycles. The highest BCUT2D eigenvalue weighted by Crippen LogP contribution is 2.39. The van der Waals surface area contributed by atoms with Crippen LogP contribution in [0, 0.1) is 0 Å². The van der Waals surface area contributed by atoms with Crippen molar-refractivity contribution in [3.05, 3.63) is 17.7 Å². The zero-order chi connectivity index (χ0) is 10.9. The van der Waals surface area contributed by atoms with Gasteiger partial charge in [-0.3, -0.25) is 0 Å². The summed E-state index contributed by atoms with van der Waals surface area (Å²) >= 11 is 0. The van der Waals surface area contributed by atoms with E-state index in [1.54, 1.807) is 0 Å². The standard InChI is InChI=1S/C11H16O3/c1-4-11(2,3)7-5-9(13)10(14)6-8(7)12/h5-6,12-14H,4H2,1-3H3. The molecule has 14 heavy (non-hydrogen) atoms. The molecule has 1 rings (SSSR count). The Labute approximate surface area is 83.6 Å². The van der Waals surface area contributed by atoms with E-state index in [-0.39, 0.29) is 22.7 Å². The Balaban J connectivity index is 3.29. The van der Waals surface area contributed by atoms with Crippen molar-refractivity contribution in [2.45, 2.75) is 32.6 Å². The fourth-order valence-corrected chi connectivity index (χ4v) is 1.30. The van der Waals surface area contributed by atoms with Crippen LogP contribution in [0.15, 0.2) is 12.1 Å². The molecule has 0 saturated heterocycles. The van der Waals surface area contributed by atoms with Gasteiger partial charge in [-0.2, -0.15) is 0 Å². The summed E-state index contributed by atoms with van der Waals surface area (Å²) in [5, 5.41) is 28.1. The van der Waals surface area contributed by atoms with Crippen LogP contribution in [0.5, 0.6) is 17.2 Å². The largest absolute Gasteiger partial charge is 0.508 e. The molecule has 3 N–H and O–H groups in total. The molecule has 0 aromatic heterocycles. The Hall–Kier alpha value is -1.38. The monoisotopic (exact) mass is 196 g/mol. The Morgan fingerprint density at radius 1 is 1.00 bits per heavy atom. The Morgan fingerprint density at radius 2 is 1.50 bits per heavy atom. The lowest BCUT2D eigenvalue weighted by molar-refractivity contribution is 0.384. The minimum atomic E-state index is -0.293. The fraction of sp³-hybridized carbons (Fsp3) is 0.455. The predicted molar refractivity (Wildman–Crippen MR) is 54.8 cm³/mol. The molecule has 0 aliphatic heterocycles. The lowest BCUT2D eigenvalue weighted by Gasteiger charge is -2.24. The van der Waals surface area contributed by atoms with Crippen molar-refractivity contribution >= 4 is 0 Å². The molecule has 3 heteroatoms. The summed E-state index contributed by atoms with van der Waals surface area (Å²) in [5.41, 5.74) is 0.435. The molecule has 0 aliphatic rings. The normalized spacial score (nSPS) is 11.6. The van der Waals surface area contributed by atoms with Gasteiger partial charge in [0.15, 0.2) is 11.5 Å². The highest BCUT2D eigenvalue weighted by atomic mass is 16.3. The van der Waals surface area contributed by atoms with Crippen LogP contribution in [0.4, 0.5) is 0 Å². The third-order valence-electron chi connectivity index (χ3n) is 2.71. The van der Waals surface area contributed by atoms with Crippen LogP contribution >= 0.6 is 0 Å². The van der Waals surface area contributed by atoms with Gasteiger partial charge in [-0.15, -0.1) is 0 Å². The first kappa shape index (κ1) is 10.7. The Bertz CT molecular complexity index is 343. The van der Waals surface area contributed by atoms with Crippen LogP contribution in [0.1, 0.15) is 32.8 Å². The van der Waals surface area contributed by atoms with Crippen molar-refractivity contribution in [3.63, 3.8) is 0 Å². The SMILES string of the molecule is CCC(C)(C)c1cc(O)c(O)cc1O. The van der Waals surface area contributed by atoms with Gasteiger partial charge < -0.3 is 15.3 Å². The third-order valence-corrected chi connectivity index (χ3v) is 2.71. The van der Waals surface area contributed by atoms with E-state index in [9.17, 15) is 10.2 Å². The van der Waals surface area contributed by atoms with Crippen molar-refractivity contribution < 1.29 is 15.3 Å². The maximum Gasteiger partial charge on any atom is 0.161 e. The Kier molecular flexibility index (Phi) is 2.60. The van der Waals surface area contributed by atoms with E-state index in [4.69, 9.17) is 5.11 Å². The van der Waals surface area contributed by atoms with Crippen LogP contribution in [0.2, 0.25) is 0 Å². The van der Waals surface area contributed by atoms with Crippen LogP contribution in [0.25, 0.3) is 0 Å². The van der Waals surface area contributed by atoms with Crippen LogP contribution < -0.4 is 0 Å². The van der Waals surface area contributed by atoms with Gasteiger partial charge in [-0.1, -0.05) is 20.8 Å². The van der Waals surface area contributed by atoms with Crippen molar-refractivity contribution in [2.75, 3.05) is 0 Å². The number of aromatic hydroxyl groups is 3. The average Bonchev–Trinajstić information content (AvgIpc) is 2.11. The molecule has 0 saturated carbocycles. The summed E-state index contributed by atoms with van der Waals surface area (Å²) < 4.78 is 0. The average molecular weight is 196 g/mol. The van der Waals surface area contributed by atoms with Gasteiger partial charge in [0, 0.05) is 11.6 Å². The topological polar surface area (TPSA) is 60.7 Å². The smallest absolute Gasteiger partial charge is 0.161 e. The second-order valence-electron chi connectivity index (χ2n) is 4.10. The number of rotatable bonds is 2. The predicted octanol–water partition coefficient (Wildman–Crippen LogP) is 2.49. The first-order chi connectivity index (χ1) is 6.38. The van der Waals surface area contributed by atoms with E-state index in [1.165, 1.54) is 12.1 Å². The molecule has 0 radical (unpaired) electrons. The summed E-state index contributed by atoms with van der Waals surface area (Å²) in [6.07, 6.45) is 0.838. The molecule has 0 spiro atoms. The number of hydrogen-bond acceptors (Lipinski definition) is 3. The molecular formula is C11H16O3. The first-order valence-electron chi connectivity index (χ1n) is 4.64. The molecule has 1 aromatic carbocycles. The minimum absolute atomic E-state index is 0.0205. The molecule has 0 atom stereocenters. The summed E-state index contributed by atoms with van der Waals surface area (Å²) in [6, 6.07) is 2.58. The zero-order valence-electron chi connectivity index (χ0n) is 8.70. The lowest BCUT2D eigenvalue weighted by Crippen LogP contribution is -2.15. The summed E-state index contributed by atoms with van der Waals surface area (Å²) in [7, 11) is 0. The van der Waals surface area contributed by atoms with Gasteiger partial charge in [0.25, 0.3) is 0 Å². The molecule has 0 amide bonds. The van der Waals surface area contributed by atoms with Gasteiger partial charge in [-0.05, 0) is 17.9 Å². The van der Waals surface area contributed by atoms with E-state index in [0.717, 1.165) is 6.42 Å². The number of hydrogen-bond donors (Lipinski definition) is 3. The highest BCUT2D eigenvalue weighted by molar-refractivity contribution is 5.50. The molecular weight excluding hydrogens is 180 g/mol. The number of phenols is 3. The lowest BCUT2D eigenvalue weighted by atomic mass is 9.81. The van der Waals surface area contributed by atoms with Crippen molar-refractivity contribution in [1.82, 2.24) is 0 Å². The third kappa shape index (κ3) is 1.76. The van der Waals surface area contributed by atoms with Crippen molar-refractivity contribution in [1.29, 1.82) is 0 Å². The van der Waals surface area contributed by atoms with Gasteiger partial charge in [-0.25, -0.2) is 0 Å². The number of phenolic OH excluding ortho intramolecular Hbond substituents is 3. The van der Waals surface area contributed by atoms with Crippen LogP contribution in [-0.4, -0.2) is 15.3 Å². The summed E-state index contributed by atoms with van der Waals surface area (Å²) in [4.78, 5) is 0. The van der Waals surface area contributed by atoms with E-state index >= 15 is 0 Å². The van der Waals surface area contributed by atoms with Gasteiger partial charge >= 0.3 is 0 Å².